The molecule has 0 unspecified atom stereocenters. The summed E-state index contributed by atoms with van der Waals surface area (Å²) in [6, 6.07) is 9.56. The van der Waals surface area contributed by atoms with Crippen molar-refractivity contribution in [2.45, 2.75) is 45.6 Å². The fourth-order valence-electron chi connectivity index (χ4n) is 3.36. The van der Waals surface area contributed by atoms with Crippen LogP contribution in [0.4, 0.5) is 5.69 Å². The molecular formula is C18H28N2. The first-order valence-electron chi connectivity index (χ1n) is 8.33. The highest BCUT2D eigenvalue weighted by Gasteiger charge is 2.40. The van der Waals surface area contributed by atoms with Gasteiger partial charge < -0.3 is 10.2 Å². The molecule has 110 valence electrons. The van der Waals surface area contributed by atoms with Gasteiger partial charge in [-0.15, -0.1) is 0 Å². The first-order chi connectivity index (χ1) is 9.79. The van der Waals surface area contributed by atoms with Crippen LogP contribution in [-0.2, 0) is 0 Å². The normalized spacial score (nSPS) is 18.6. The van der Waals surface area contributed by atoms with Gasteiger partial charge >= 0.3 is 0 Å². The van der Waals surface area contributed by atoms with Crippen LogP contribution in [-0.4, -0.2) is 25.7 Å². The summed E-state index contributed by atoms with van der Waals surface area (Å²) in [4.78, 5) is 2.50. The Morgan fingerprint density at radius 2 is 1.80 bits per heavy atom. The van der Waals surface area contributed by atoms with Crippen LogP contribution >= 0.6 is 0 Å². The van der Waals surface area contributed by atoms with Gasteiger partial charge in [-0.25, -0.2) is 0 Å². The molecule has 2 heteroatoms. The van der Waals surface area contributed by atoms with Crippen molar-refractivity contribution in [3.63, 3.8) is 0 Å². The molecule has 0 atom stereocenters. The van der Waals surface area contributed by atoms with E-state index < -0.39 is 0 Å². The second kappa shape index (κ2) is 6.17. The summed E-state index contributed by atoms with van der Waals surface area (Å²) in [6.07, 6.45) is 5.85. The van der Waals surface area contributed by atoms with Crippen LogP contribution in [0.1, 0.15) is 38.2 Å². The molecule has 0 bridgehead atoms. The molecule has 0 radical (unpaired) electrons. The van der Waals surface area contributed by atoms with Gasteiger partial charge in [-0.2, -0.15) is 0 Å². The number of hydrogen-bond donors (Lipinski definition) is 1. The molecule has 0 amide bonds. The maximum Gasteiger partial charge on any atom is 0.0396 e. The van der Waals surface area contributed by atoms with Crippen molar-refractivity contribution in [1.29, 1.82) is 0 Å². The zero-order valence-corrected chi connectivity index (χ0v) is 12.9. The molecule has 0 spiro atoms. The highest BCUT2D eigenvalue weighted by molar-refractivity contribution is 5.52. The first kappa shape index (κ1) is 13.9. The van der Waals surface area contributed by atoms with Crippen molar-refractivity contribution in [3.8, 4) is 0 Å². The standard InChI is InChI=1S/C18H28N2/c1-3-20(17-7-5-4-6-14(17)2)13-12-19-18(15-8-9-15)16-10-11-16/h4-7,15-16,18-19H,3,8-13H2,1-2H3. The van der Waals surface area contributed by atoms with Gasteiger partial charge in [0.15, 0.2) is 0 Å². The van der Waals surface area contributed by atoms with Crippen LogP contribution in [0.25, 0.3) is 0 Å². The van der Waals surface area contributed by atoms with E-state index in [0.29, 0.717) is 0 Å². The molecule has 2 fully saturated rings. The summed E-state index contributed by atoms with van der Waals surface area (Å²) in [7, 11) is 0. The third-order valence-corrected chi connectivity index (χ3v) is 4.86. The van der Waals surface area contributed by atoms with Crippen molar-refractivity contribution >= 4 is 5.69 Å². The number of para-hydroxylation sites is 1. The Morgan fingerprint density at radius 3 is 2.35 bits per heavy atom. The lowest BCUT2D eigenvalue weighted by Gasteiger charge is -2.26. The zero-order valence-electron chi connectivity index (χ0n) is 12.9. The zero-order chi connectivity index (χ0) is 13.9. The van der Waals surface area contributed by atoms with Crippen molar-refractivity contribution < 1.29 is 0 Å². The summed E-state index contributed by atoms with van der Waals surface area (Å²) >= 11 is 0. The fourth-order valence-corrected chi connectivity index (χ4v) is 3.36. The van der Waals surface area contributed by atoms with Gasteiger partial charge in [-0.1, -0.05) is 18.2 Å². The molecule has 0 saturated heterocycles. The van der Waals surface area contributed by atoms with Crippen LogP contribution in [0.5, 0.6) is 0 Å². The summed E-state index contributed by atoms with van der Waals surface area (Å²) in [5.74, 6) is 1.99. The monoisotopic (exact) mass is 272 g/mol. The quantitative estimate of drug-likeness (QED) is 0.778. The van der Waals surface area contributed by atoms with Crippen LogP contribution in [0, 0.1) is 18.8 Å². The molecule has 0 aromatic heterocycles. The Kier molecular flexibility index (Phi) is 4.30. The van der Waals surface area contributed by atoms with E-state index in [0.717, 1.165) is 37.5 Å². The van der Waals surface area contributed by atoms with Gasteiger partial charge in [-0.05, 0) is 63.0 Å². The Morgan fingerprint density at radius 1 is 1.15 bits per heavy atom. The minimum atomic E-state index is 0.825. The smallest absolute Gasteiger partial charge is 0.0396 e. The SMILES string of the molecule is CCN(CCNC(C1CC1)C1CC1)c1ccccc1C. The molecule has 2 aliphatic rings. The third kappa shape index (κ3) is 3.35. The maximum absolute atomic E-state index is 3.86. The largest absolute Gasteiger partial charge is 0.370 e. The highest BCUT2D eigenvalue weighted by atomic mass is 15.1. The number of nitrogens with one attached hydrogen (secondary N) is 1. The fraction of sp³-hybridized carbons (Fsp3) is 0.667. The van der Waals surface area contributed by atoms with Crippen LogP contribution in [0.2, 0.25) is 0 Å². The average Bonchev–Trinajstić information content (AvgIpc) is 3.34. The molecule has 1 aromatic carbocycles. The number of benzene rings is 1. The van der Waals surface area contributed by atoms with Crippen molar-refractivity contribution in [1.82, 2.24) is 5.32 Å². The molecule has 2 aliphatic carbocycles. The number of nitrogens with zero attached hydrogens (tertiary/aromatic N) is 1. The van der Waals surface area contributed by atoms with Crippen LogP contribution < -0.4 is 10.2 Å². The Balaban J connectivity index is 1.52. The van der Waals surface area contributed by atoms with Crippen molar-refractivity contribution in [2.24, 2.45) is 11.8 Å². The van der Waals surface area contributed by atoms with Crippen molar-refractivity contribution in [2.75, 3.05) is 24.5 Å². The Labute approximate surface area is 123 Å². The van der Waals surface area contributed by atoms with E-state index in [9.17, 15) is 0 Å². The lowest BCUT2D eigenvalue weighted by Crippen LogP contribution is -2.39. The number of likely N-dealkylation sites (N-methyl/N-ethyl adjacent to an activating group) is 1. The van der Waals surface area contributed by atoms with E-state index in [1.807, 2.05) is 0 Å². The molecule has 1 N–H and O–H groups in total. The number of hydrogen-bond acceptors (Lipinski definition) is 2. The van der Waals surface area contributed by atoms with Gasteiger partial charge in [0, 0.05) is 31.4 Å². The van der Waals surface area contributed by atoms with Gasteiger partial charge in [0.25, 0.3) is 0 Å². The Hall–Kier alpha value is -1.02. The van der Waals surface area contributed by atoms with Crippen LogP contribution in [0.3, 0.4) is 0 Å². The molecule has 2 nitrogen and oxygen atoms in total. The number of aryl methyl sites for hydroxylation is 1. The predicted molar refractivity (Wildman–Crippen MR) is 86.3 cm³/mol. The molecule has 2 saturated carbocycles. The second-order valence-corrected chi connectivity index (χ2v) is 6.52. The topological polar surface area (TPSA) is 15.3 Å². The van der Waals surface area contributed by atoms with Crippen LogP contribution in [0.15, 0.2) is 24.3 Å². The average molecular weight is 272 g/mol. The summed E-state index contributed by atoms with van der Waals surface area (Å²) in [6.45, 7) is 7.80. The van der Waals surface area contributed by atoms with Gasteiger partial charge in [0.1, 0.15) is 0 Å². The first-order valence-corrected chi connectivity index (χ1v) is 8.33. The van der Waals surface area contributed by atoms with Crippen molar-refractivity contribution in [3.05, 3.63) is 29.8 Å². The molecular weight excluding hydrogens is 244 g/mol. The van der Waals surface area contributed by atoms with E-state index >= 15 is 0 Å². The lowest BCUT2D eigenvalue weighted by molar-refractivity contribution is 0.420. The highest BCUT2D eigenvalue weighted by Crippen LogP contribution is 2.44. The van der Waals surface area contributed by atoms with E-state index in [2.05, 4.69) is 48.3 Å². The molecule has 0 heterocycles. The predicted octanol–water partition coefficient (Wildman–Crippen LogP) is 3.60. The summed E-state index contributed by atoms with van der Waals surface area (Å²) in [5.41, 5.74) is 2.78. The van der Waals surface area contributed by atoms with Gasteiger partial charge in [0.2, 0.25) is 0 Å². The van der Waals surface area contributed by atoms with E-state index in [-0.39, 0.29) is 0 Å². The third-order valence-electron chi connectivity index (χ3n) is 4.86. The molecule has 20 heavy (non-hydrogen) atoms. The lowest BCUT2D eigenvalue weighted by atomic mass is 10.1. The minimum Gasteiger partial charge on any atom is -0.370 e. The second-order valence-electron chi connectivity index (χ2n) is 6.52. The van der Waals surface area contributed by atoms with Gasteiger partial charge in [0.05, 0.1) is 0 Å². The molecule has 1 aromatic rings. The summed E-state index contributed by atoms with van der Waals surface area (Å²) in [5, 5.41) is 3.86. The van der Waals surface area contributed by atoms with E-state index in [1.54, 1.807) is 0 Å². The molecule has 0 aliphatic heterocycles. The number of rotatable bonds is 8. The van der Waals surface area contributed by atoms with E-state index in [1.165, 1.54) is 36.9 Å². The molecule has 3 rings (SSSR count). The Bertz CT molecular complexity index is 423. The minimum absolute atomic E-state index is 0.825. The summed E-state index contributed by atoms with van der Waals surface area (Å²) < 4.78 is 0. The van der Waals surface area contributed by atoms with Gasteiger partial charge in [-0.3, -0.25) is 0 Å². The maximum atomic E-state index is 3.86. The van der Waals surface area contributed by atoms with E-state index in [4.69, 9.17) is 0 Å². The number of anilines is 1.